The summed E-state index contributed by atoms with van der Waals surface area (Å²) in [6, 6.07) is 8.00. The normalized spacial score (nSPS) is 10.9. The predicted molar refractivity (Wildman–Crippen MR) is 72.7 cm³/mol. The Hall–Kier alpha value is -1.02. The highest BCUT2D eigenvalue weighted by atomic mass is 127. The van der Waals surface area contributed by atoms with E-state index in [1.807, 2.05) is 0 Å². The minimum Gasteiger partial charge on any atom is -0.478 e. The summed E-state index contributed by atoms with van der Waals surface area (Å²) in [5, 5.41) is 10.1. The molecule has 17 heavy (non-hydrogen) atoms. The van der Waals surface area contributed by atoms with Crippen LogP contribution in [0.4, 0.5) is 0 Å². The number of carboxylic acids is 1. The summed E-state index contributed by atoms with van der Waals surface area (Å²) < 4.78 is 23.3. The van der Waals surface area contributed by atoms with E-state index in [0.717, 1.165) is 4.47 Å². The molecule has 0 aromatic heterocycles. The second-order valence-corrected chi connectivity index (χ2v) is 6.46. The second-order valence-electron chi connectivity index (χ2n) is 3.28. The van der Waals surface area contributed by atoms with Gasteiger partial charge in [-0.1, -0.05) is 34.1 Å². The molecule has 2 rings (SSSR count). The molecule has 0 bridgehead atoms. The van der Waals surface area contributed by atoms with Crippen molar-refractivity contribution < 1.29 is 16.0 Å². The van der Waals surface area contributed by atoms with Gasteiger partial charge in [-0.2, -0.15) is 0 Å². The van der Waals surface area contributed by atoms with Crippen LogP contribution < -0.4 is 0 Å². The molecule has 0 aliphatic heterocycles. The molecule has 0 fully saturated rings. The maximum atomic E-state index is 11.3. The fourth-order valence-corrected chi connectivity index (χ4v) is 3.94. The van der Waals surface area contributed by atoms with Crippen molar-refractivity contribution in [1.82, 2.24) is 0 Å². The molecule has 6 heteroatoms. The molecular formula is C11H6BrIO4. The van der Waals surface area contributed by atoms with E-state index in [9.17, 15) is 10.9 Å². The van der Waals surface area contributed by atoms with E-state index in [1.54, 1.807) is 24.3 Å². The van der Waals surface area contributed by atoms with Crippen LogP contribution in [-0.2, 0) is 6.14 Å². The van der Waals surface area contributed by atoms with Gasteiger partial charge < -0.3 is 5.11 Å². The van der Waals surface area contributed by atoms with Crippen LogP contribution in [0.1, 0.15) is 10.4 Å². The van der Waals surface area contributed by atoms with Crippen LogP contribution in [0.5, 0.6) is 0 Å². The van der Waals surface area contributed by atoms with Crippen molar-refractivity contribution >= 4 is 52.5 Å². The van der Waals surface area contributed by atoms with Crippen LogP contribution in [0.3, 0.4) is 0 Å². The number of hydrogen-bond donors (Lipinski definition) is 1. The van der Waals surface area contributed by atoms with Crippen molar-refractivity contribution in [1.29, 1.82) is 0 Å². The van der Waals surface area contributed by atoms with Gasteiger partial charge in [0.1, 0.15) is 0 Å². The molecule has 4 nitrogen and oxygen atoms in total. The van der Waals surface area contributed by atoms with Crippen LogP contribution in [0, 0.1) is 3.57 Å². The van der Waals surface area contributed by atoms with Crippen LogP contribution in [0.2, 0.25) is 0 Å². The Morgan fingerprint density at radius 2 is 1.82 bits per heavy atom. The number of carboxylic acid groups (broad SMARTS) is 1. The van der Waals surface area contributed by atoms with Gasteiger partial charge in [0.15, 0.2) is 0 Å². The van der Waals surface area contributed by atoms with Gasteiger partial charge in [-0.25, -0.2) is 10.9 Å². The van der Waals surface area contributed by atoms with Crippen molar-refractivity contribution in [3.8, 4) is 0 Å². The Kier molecular flexibility index (Phi) is 3.43. The zero-order valence-electron chi connectivity index (χ0n) is 8.31. The molecule has 88 valence electrons. The molecule has 0 saturated heterocycles. The molecule has 0 saturated carbocycles. The lowest BCUT2D eigenvalue weighted by Crippen LogP contribution is -2.00. The van der Waals surface area contributed by atoms with Gasteiger partial charge in [0.25, 0.3) is 0 Å². The summed E-state index contributed by atoms with van der Waals surface area (Å²) in [5.74, 6) is -1.23. The number of aromatic carboxylic acids is 1. The predicted octanol–water partition coefficient (Wildman–Crippen LogP) is 3.67. The van der Waals surface area contributed by atoms with Crippen molar-refractivity contribution in [2.75, 3.05) is 0 Å². The quantitative estimate of drug-likeness (QED) is 0.769. The zero-order valence-corrected chi connectivity index (χ0v) is 12.1. The monoisotopic (exact) mass is 408 g/mol. The highest BCUT2D eigenvalue weighted by molar-refractivity contribution is 14.2. The van der Waals surface area contributed by atoms with E-state index in [4.69, 9.17) is 5.11 Å². The summed E-state index contributed by atoms with van der Waals surface area (Å²) in [4.78, 5) is 11.0. The van der Waals surface area contributed by atoms with Gasteiger partial charge in [-0.15, -0.1) is 0 Å². The lowest BCUT2D eigenvalue weighted by molar-refractivity contribution is 0.0696. The summed E-state index contributed by atoms with van der Waals surface area (Å²) in [6.07, 6.45) is 0. The maximum Gasteiger partial charge on any atom is 0.342 e. The highest BCUT2D eigenvalue weighted by Gasteiger charge is 2.18. The van der Waals surface area contributed by atoms with E-state index in [1.165, 1.54) is 6.07 Å². The molecule has 0 spiro atoms. The lowest BCUT2D eigenvalue weighted by Gasteiger charge is -2.05. The van der Waals surface area contributed by atoms with Gasteiger partial charge in [-0.3, -0.25) is 0 Å². The van der Waals surface area contributed by atoms with E-state index in [2.05, 4.69) is 15.9 Å². The number of benzene rings is 2. The van der Waals surface area contributed by atoms with Crippen LogP contribution in [0.25, 0.3) is 10.8 Å². The van der Waals surface area contributed by atoms with Crippen molar-refractivity contribution in [3.63, 3.8) is 0 Å². The minimum absolute atomic E-state index is 0.0551. The highest BCUT2D eigenvalue weighted by Crippen LogP contribution is 2.33. The fraction of sp³-hybridized carbons (Fsp3) is 0. The molecule has 0 atom stereocenters. The average Bonchev–Trinajstić information content (AvgIpc) is 2.27. The first kappa shape index (κ1) is 12.4. The number of hydrogen-bond acceptors (Lipinski definition) is 3. The Morgan fingerprint density at radius 3 is 2.41 bits per heavy atom. The zero-order chi connectivity index (χ0) is 12.6. The van der Waals surface area contributed by atoms with Crippen LogP contribution in [0.15, 0.2) is 34.8 Å². The summed E-state index contributed by atoms with van der Waals surface area (Å²) in [7, 11) is 0. The van der Waals surface area contributed by atoms with E-state index < -0.39 is 25.8 Å². The Balaban J connectivity index is 3.00. The third-order valence-corrected chi connectivity index (χ3v) is 5.06. The smallest absolute Gasteiger partial charge is 0.342 e. The number of halogens is 2. The lowest BCUT2D eigenvalue weighted by atomic mass is 10.1. The summed E-state index contributed by atoms with van der Waals surface area (Å²) in [5.41, 5.74) is -0.161. The Bertz CT molecular complexity index is 683. The SMILES string of the molecule is O=C(O)c1ccc2c(Br)cccc2c1I(=O)=O. The molecule has 0 aliphatic carbocycles. The Morgan fingerprint density at radius 1 is 1.12 bits per heavy atom. The average molecular weight is 409 g/mol. The molecule has 0 amide bonds. The maximum absolute atomic E-state index is 11.3. The van der Waals surface area contributed by atoms with Crippen molar-refractivity contribution in [2.24, 2.45) is 0 Å². The van der Waals surface area contributed by atoms with Gasteiger partial charge in [0.2, 0.25) is 0 Å². The topological polar surface area (TPSA) is 71.4 Å². The number of carbonyl (C=O) groups is 1. The van der Waals surface area contributed by atoms with Crippen molar-refractivity contribution in [2.45, 2.75) is 0 Å². The molecule has 0 unspecified atom stereocenters. The molecule has 1 N–H and O–H groups in total. The van der Waals surface area contributed by atoms with E-state index in [0.29, 0.717) is 10.8 Å². The Labute approximate surface area is 112 Å². The van der Waals surface area contributed by atoms with E-state index >= 15 is 0 Å². The third-order valence-electron chi connectivity index (χ3n) is 2.33. The molecule has 0 aliphatic rings. The van der Waals surface area contributed by atoms with E-state index in [-0.39, 0.29) is 9.13 Å². The first-order valence-corrected chi connectivity index (χ1v) is 8.15. The van der Waals surface area contributed by atoms with Gasteiger partial charge in [0, 0.05) is 9.86 Å². The number of fused-ring (bicyclic) bond motifs is 1. The fourth-order valence-electron chi connectivity index (χ4n) is 1.61. The second kappa shape index (κ2) is 4.69. The molecule has 0 radical (unpaired) electrons. The van der Waals surface area contributed by atoms with Gasteiger partial charge in [-0.05, 0) is 17.5 Å². The molecule has 2 aromatic carbocycles. The third kappa shape index (κ3) is 2.19. The van der Waals surface area contributed by atoms with Gasteiger partial charge >= 0.3 is 25.8 Å². The standard InChI is InChI=1S/C11H6BrIO4/c12-9-3-1-2-7-6(9)4-5-8(11(14)15)10(7)13(16)17/h1-5H,(H,14,15). The van der Waals surface area contributed by atoms with Crippen LogP contribution >= 0.6 is 35.7 Å². The number of rotatable bonds is 2. The van der Waals surface area contributed by atoms with Crippen molar-refractivity contribution in [3.05, 3.63) is 43.9 Å². The van der Waals surface area contributed by atoms with Gasteiger partial charge in [0.05, 0.1) is 9.13 Å². The summed E-state index contributed by atoms with van der Waals surface area (Å²) in [6.45, 7) is 0. The molecular weight excluding hydrogens is 403 g/mol. The minimum atomic E-state index is -3.87. The summed E-state index contributed by atoms with van der Waals surface area (Å²) >= 11 is -0.565. The molecule has 0 heterocycles. The van der Waals surface area contributed by atoms with Crippen LogP contribution in [-0.4, -0.2) is 11.1 Å². The largest absolute Gasteiger partial charge is 0.478 e. The first-order chi connectivity index (χ1) is 8.02. The molecule has 2 aromatic rings. The first-order valence-electron chi connectivity index (χ1n) is 4.52.